The van der Waals surface area contributed by atoms with E-state index in [0.29, 0.717) is 48.4 Å². The molecule has 8 heteroatoms. The lowest BCUT2D eigenvalue weighted by molar-refractivity contribution is 0.0895. The maximum atomic E-state index is 12.5. The Balaban J connectivity index is 1.40. The zero-order chi connectivity index (χ0) is 20.7. The zero-order valence-corrected chi connectivity index (χ0v) is 15.9. The normalized spacial score (nSPS) is 15.0. The van der Waals surface area contributed by atoms with Gasteiger partial charge in [0.25, 0.3) is 0 Å². The third-order valence-corrected chi connectivity index (χ3v) is 5.25. The van der Waals surface area contributed by atoms with Crippen LogP contribution in [0.15, 0.2) is 62.2 Å². The van der Waals surface area contributed by atoms with Crippen LogP contribution in [0.1, 0.15) is 12.8 Å². The van der Waals surface area contributed by atoms with Gasteiger partial charge in [0.05, 0.1) is 0 Å². The van der Waals surface area contributed by atoms with Gasteiger partial charge in [-0.15, -0.1) is 0 Å². The molecule has 30 heavy (non-hydrogen) atoms. The van der Waals surface area contributed by atoms with Crippen molar-refractivity contribution < 1.29 is 23.5 Å². The Morgan fingerprint density at radius 1 is 1.07 bits per heavy atom. The summed E-state index contributed by atoms with van der Waals surface area (Å²) < 4.78 is 17.2. The highest BCUT2D eigenvalue weighted by atomic mass is 16.5. The number of rotatable bonds is 3. The Morgan fingerprint density at radius 2 is 1.87 bits per heavy atom. The molecule has 3 heterocycles. The third-order valence-electron chi connectivity index (χ3n) is 5.25. The van der Waals surface area contributed by atoms with Crippen molar-refractivity contribution in [1.29, 1.82) is 0 Å². The molecule has 0 unspecified atom stereocenters. The van der Waals surface area contributed by atoms with Gasteiger partial charge in [0, 0.05) is 37.4 Å². The van der Waals surface area contributed by atoms with E-state index in [1.54, 1.807) is 18.2 Å². The molecule has 0 aliphatic carbocycles. The zero-order valence-electron chi connectivity index (χ0n) is 15.9. The third kappa shape index (κ3) is 3.36. The van der Waals surface area contributed by atoms with Crippen LogP contribution >= 0.6 is 0 Å². The number of carboxylic acid groups (broad SMARTS) is 1. The molecule has 1 amide bonds. The number of ether oxygens (including phenoxy) is 1. The van der Waals surface area contributed by atoms with Gasteiger partial charge >= 0.3 is 11.7 Å². The number of oxazole rings is 1. The Morgan fingerprint density at radius 3 is 2.63 bits per heavy atom. The molecule has 4 aromatic rings. The van der Waals surface area contributed by atoms with Crippen molar-refractivity contribution in [2.24, 2.45) is 0 Å². The van der Waals surface area contributed by atoms with Crippen LogP contribution in [0.5, 0.6) is 5.75 Å². The van der Waals surface area contributed by atoms with Gasteiger partial charge < -0.3 is 23.6 Å². The molecule has 1 aliphatic rings. The Labute approximate surface area is 170 Å². The number of amides is 1. The Kier molecular flexibility index (Phi) is 4.39. The summed E-state index contributed by atoms with van der Waals surface area (Å²) >= 11 is 0. The predicted octanol–water partition coefficient (Wildman–Crippen LogP) is 4.12. The molecule has 0 saturated carbocycles. The summed E-state index contributed by atoms with van der Waals surface area (Å²) in [4.78, 5) is 29.3. The van der Waals surface area contributed by atoms with Crippen molar-refractivity contribution in [1.82, 2.24) is 9.88 Å². The summed E-state index contributed by atoms with van der Waals surface area (Å²) in [5.41, 5.74) is 1.39. The molecule has 1 saturated heterocycles. The van der Waals surface area contributed by atoms with Crippen LogP contribution in [0.2, 0.25) is 0 Å². The number of piperidine rings is 1. The monoisotopic (exact) mass is 406 g/mol. The van der Waals surface area contributed by atoms with Gasteiger partial charge in [-0.3, -0.25) is 0 Å². The van der Waals surface area contributed by atoms with Gasteiger partial charge in [-0.2, -0.15) is 0 Å². The first kappa shape index (κ1) is 18.2. The van der Waals surface area contributed by atoms with Crippen molar-refractivity contribution >= 4 is 28.2 Å². The fourth-order valence-corrected chi connectivity index (χ4v) is 3.66. The summed E-state index contributed by atoms with van der Waals surface area (Å²) in [5, 5.41) is 9.76. The summed E-state index contributed by atoms with van der Waals surface area (Å²) in [6, 6.07) is 14.3. The average Bonchev–Trinajstić information content (AvgIpc) is 3.17. The standard InChI is InChI=1S/C22H18N2O6/c25-21-16(20-23-17-3-1-2-4-18(17)29-20)11-13-5-6-15(12-19(13)30-21)28-14-7-9-24(10-8-14)22(26)27/h1-6,11-12,14H,7-10H2,(H,26,27). The summed E-state index contributed by atoms with van der Waals surface area (Å²) in [6.45, 7) is 0.882. The molecule has 0 bridgehead atoms. The van der Waals surface area contributed by atoms with Crippen LogP contribution in [-0.2, 0) is 0 Å². The predicted molar refractivity (Wildman–Crippen MR) is 109 cm³/mol. The molecule has 1 aliphatic heterocycles. The number of nitrogens with zero attached hydrogens (tertiary/aromatic N) is 2. The van der Waals surface area contributed by atoms with Crippen LogP contribution < -0.4 is 10.4 Å². The van der Waals surface area contributed by atoms with E-state index in [1.807, 2.05) is 30.3 Å². The van der Waals surface area contributed by atoms with Crippen LogP contribution in [0.4, 0.5) is 4.79 Å². The number of aromatic nitrogens is 1. The Bertz CT molecular complexity index is 1270. The lowest BCUT2D eigenvalue weighted by atomic mass is 10.1. The van der Waals surface area contributed by atoms with Gasteiger partial charge in [0.15, 0.2) is 5.58 Å². The van der Waals surface area contributed by atoms with Crippen LogP contribution in [0.25, 0.3) is 33.5 Å². The van der Waals surface area contributed by atoms with Crippen molar-refractivity contribution in [3.63, 3.8) is 0 Å². The lowest BCUT2D eigenvalue weighted by Crippen LogP contribution is -2.41. The van der Waals surface area contributed by atoms with Crippen molar-refractivity contribution in [3.8, 4) is 17.2 Å². The number of hydrogen-bond donors (Lipinski definition) is 1. The lowest BCUT2D eigenvalue weighted by Gasteiger charge is -2.30. The van der Waals surface area contributed by atoms with Gasteiger partial charge in [-0.25, -0.2) is 14.6 Å². The highest BCUT2D eigenvalue weighted by Crippen LogP contribution is 2.27. The summed E-state index contributed by atoms with van der Waals surface area (Å²) in [6.07, 6.45) is 0.245. The van der Waals surface area contributed by atoms with Crippen molar-refractivity contribution in [2.75, 3.05) is 13.1 Å². The molecule has 0 radical (unpaired) electrons. The van der Waals surface area contributed by atoms with E-state index in [1.165, 1.54) is 4.90 Å². The average molecular weight is 406 g/mol. The quantitative estimate of drug-likeness (QED) is 0.510. The molecule has 8 nitrogen and oxygen atoms in total. The maximum absolute atomic E-state index is 12.5. The molecule has 2 aromatic heterocycles. The number of benzene rings is 2. The van der Waals surface area contributed by atoms with Gasteiger partial charge in [0.2, 0.25) is 5.89 Å². The van der Waals surface area contributed by atoms with Gasteiger partial charge in [0.1, 0.15) is 28.5 Å². The van der Waals surface area contributed by atoms with E-state index < -0.39 is 11.7 Å². The van der Waals surface area contributed by atoms with Crippen LogP contribution in [0, 0.1) is 0 Å². The first-order valence-electron chi connectivity index (χ1n) is 9.65. The Hall–Kier alpha value is -3.81. The van der Waals surface area contributed by atoms with Gasteiger partial charge in [-0.05, 0) is 30.3 Å². The molecule has 1 fully saturated rings. The topological polar surface area (TPSA) is 106 Å². The highest BCUT2D eigenvalue weighted by molar-refractivity contribution is 5.83. The fraction of sp³-hybridized carbons (Fsp3) is 0.227. The summed E-state index contributed by atoms with van der Waals surface area (Å²) in [5.74, 6) is 0.798. The minimum atomic E-state index is -0.907. The van der Waals surface area contributed by atoms with Crippen molar-refractivity contribution in [2.45, 2.75) is 18.9 Å². The minimum Gasteiger partial charge on any atom is -0.490 e. The second-order valence-electron chi connectivity index (χ2n) is 7.22. The van der Waals surface area contributed by atoms with Crippen LogP contribution in [-0.4, -0.2) is 40.3 Å². The number of hydrogen-bond acceptors (Lipinski definition) is 6. The molecule has 0 spiro atoms. The highest BCUT2D eigenvalue weighted by Gasteiger charge is 2.23. The van der Waals surface area contributed by atoms with E-state index in [4.69, 9.17) is 18.7 Å². The second kappa shape index (κ2) is 7.22. The number of para-hydroxylation sites is 2. The summed E-state index contributed by atoms with van der Waals surface area (Å²) in [7, 11) is 0. The minimum absolute atomic E-state index is 0.0798. The van der Waals surface area contributed by atoms with Crippen LogP contribution in [0.3, 0.4) is 0 Å². The van der Waals surface area contributed by atoms with Gasteiger partial charge in [-0.1, -0.05) is 12.1 Å². The van der Waals surface area contributed by atoms with E-state index in [0.717, 1.165) is 5.39 Å². The second-order valence-corrected chi connectivity index (χ2v) is 7.22. The molecule has 1 N–H and O–H groups in total. The fourth-order valence-electron chi connectivity index (χ4n) is 3.66. The smallest absolute Gasteiger partial charge is 0.407 e. The van der Waals surface area contributed by atoms with Crippen molar-refractivity contribution in [3.05, 3.63) is 59.0 Å². The van der Waals surface area contributed by atoms with E-state index >= 15 is 0 Å². The molecular weight excluding hydrogens is 388 g/mol. The number of fused-ring (bicyclic) bond motifs is 2. The SMILES string of the molecule is O=C(O)N1CCC(Oc2ccc3cc(-c4nc5ccccc5o4)c(=O)oc3c2)CC1. The molecular formula is C22H18N2O6. The first-order valence-corrected chi connectivity index (χ1v) is 9.65. The van der Waals surface area contributed by atoms with E-state index in [-0.39, 0.29) is 17.6 Å². The molecule has 2 aromatic carbocycles. The first-order chi connectivity index (χ1) is 14.6. The number of carbonyl (C=O) groups is 1. The van der Waals surface area contributed by atoms with E-state index in [2.05, 4.69) is 4.98 Å². The maximum Gasteiger partial charge on any atom is 0.407 e. The largest absolute Gasteiger partial charge is 0.490 e. The van der Waals surface area contributed by atoms with E-state index in [9.17, 15) is 9.59 Å². The molecule has 5 rings (SSSR count). The molecule has 0 atom stereocenters. The number of likely N-dealkylation sites (tertiary alicyclic amines) is 1. The molecule has 152 valence electrons.